The van der Waals surface area contributed by atoms with Crippen LogP contribution in [0.25, 0.3) is 0 Å². The summed E-state index contributed by atoms with van der Waals surface area (Å²) >= 11 is 2.86. The number of aromatic nitrogens is 2. The number of rotatable bonds is 5. The number of hydrogen-bond acceptors (Lipinski definition) is 7. The van der Waals surface area contributed by atoms with Gasteiger partial charge in [-0.05, 0) is 49.9 Å². The fourth-order valence-corrected chi connectivity index (χ4v) is 6.85. The molecule has 0 unspecified atom stereocenters. The predicted molar refractivity (Wildman–Crippen MR) is 110 cm³/mol. The summed E-state index contributed by atoms with van der Waals surface area (Å²) in [6.07, 6.45) is 3.59. The second-order valence-corrected chi connectivity index (χ2v) is 11.3. The molecule has 1 amide bonds. The Labute approximate surface area is 173 Å². The Kier molecular flexibility index (Phi) is 5.73. The molecule has 0 aliphatic carbocycles. The molecule has 2 aliphatic heterocycles. The molecular weight excluding hydrogens is 416 g/mol. The molecule has 1 fully saturated rings. The molecule has 1 aromatic heterocycles. The summed E-state index contributed by atoms with van der Waals surface area (Å²) in [6, 6.07) is 5.15. The summed E-state index contributed by atoms with van der Waals surface area (Å²) in [5, 5.41) is 8.87. The van der Waals surface area contributed by atoms with Crippen LogP contribution in [0.2, 0.25) is 0 Å². The minimum atomic E-state index is -3.45. The number of benzene rings is 1. The number of anilines is 1. The van der Waals surface area contributed by atoms with Gasteiger partial charge in [0.15, 0.2) is 4.34 Å². The van der Waals surface area contributed by atoms with Crippen molar-refractivity contribution in [3.63, 3.8) is 0 Å². The van der Waals surface area contributed by atoms with E-state index >= 15 is 0 Å². The maximum Gasteiger partial charge on any atom is 0.243 e. The van der Waals surface area contributed by atoms with Crippen molar-refractivity contribution >= 4 is 44.7 Å². The highest BCUT2D eigenvalue weighted by Crippen LogP contribution is 2.33. The van der Waals surface area contributed by atoms with Crippen molar-refractivity contribution in [2.75, 3.05) is 30.3 Å². The maximum atomic E-state index is 12.9. The normalized spacial score (nSPS) is 17.7. The summed E-state index contributed by atoms with van der Waals surface area (Å²) in [5.74, 6) is 0.297. The Hall–Kier alpha value is -1.49. The number of thioether (sulfide) groups is 1. The van der Waals surface area contributed by atoms with Gasteiger partial charge in [0.25, 0.3) is 0 Å². The maximum absolute atomic E-state index is 12.9. The molecule has 10 heteroatoms. The number of nitrogens with zero attached hydrogens (tertiary/aromatic N) is 4. The van der Waals surface area contributed by atoms with Crippen molar-refractivity contribution in [2.45, 2.75) is 41.8 Å². The zero-order valence-electron chi connectivity index (χ0n) is 15.6. The highest BCUT2D eigenvalue weighted by atomic mass is 32.2. The van der Waals surface area contributed by atoms with Crippen LogP contribution in [0.15, 0.2) is 27.4 Å². The van der Waals surface area contributed by atoms with E-state index in [0.717, 1.165) is 39.9 Å². The highest BCUT2D eigenvalue weighted by molar-refractivity contribution is 8.01. The van der Waals surface area contributed by atoms with Crippen LogP contribution in [0, 0.1) is 6.92 Å². The minimum Gasteiger partial charge on any atom is -0.311 e. The van der Waals surface area contributed by atoms with Gasteiger partial charge >= 0.3 is 0 Å². The van der Waals surface area contributed by atoms with Crippen LogP contribution in [-0.2, 0) is 21.2 Å². The van der Waals surface area contributed by atoms with Gasteiger partial charge in [-0.1, -0.05) is 29.5 Å². The van der Waals surface area contributed by atoms with Crippen molar-refractivity contribution in [2.24, 2.45) is 0 Å². The van der Waals surface area contributed by atoms with Gasteiger partial charge in [-0.2, -0.15) is 4.31 Å². The molecule has 1 aromatic carbocycles. The number of carbonyl (C=O) groups is 1. The molecule has 2 aliphatic rings. The number of fused-ring (bicyclic) bond motifs is 1. The van der Waals surface area contributed by atoms with Crippen LogP contribution in [0.5, 0.6) is 0 Å². The summed E-state index contributed by atoms with van der Waals surface area (Å²) in [5.41, 5.74) is 1.74. The monoisotopic (exact) mass is 438 g/mol. The van der Waals surface area contributed by atoms with E-state index in [-0.39, 0.29) is 5.91 Å². The molecule has 2 aromatic rings. The Morgan fingerprint density at radius 1 is 1.18 bits per heavy atom. The summed E-state index contributed by atoms with van der Waals surface area (Å²) in [7, 11) is -3.45. The van der Waals surface area contributed by atoms with Crippen molar-refractivity contribution in [3.8, 4) is 0 Å². The highest BCUT2D eigenvalue weighted by Gasteiger charge is 2.30. The zero-order chi connectivity index (χ0) is 19.7. The lowest BCUT2D eigenvalue weighted by Gasteiger charge is -2.26. The number of hydrogen-bond donors (Lipinski definition) is 0. The van der Waals surface area contributed by atoms with E-state index < -0.39 is 10.0 Å². The van der Waals surface area contributed by atoms with Gasteiger partial charge in [-0.3, -0.25) is 4.79 Å². The smallest absolute Gasteiger partial charge is 0.243 e. The molecule has 0 atom stereocenters. The predicted octanol–water partition coefficient (Wildman–Crippen LogP) is 2.70. The second-order valence-electron chi connectivity index (χ2n) is 6.93. The van der Waals surface area contributed by atoms with E-state index in [0.29, 0.717) is 36.7 Å². The zero-order valence-corrected chi connectivity index (χ0v) is 18.1. The van der Waals surface area contributed by atoms with Crippen molar-refractivity contribution in [1.29, 1.82) is 0 Å². The van der Waals surface area contributed by atoms with Crippen LogP contribution in [0.3, 0.4) is 0 Å². The summed E-state index contributed by atoms with van der Waals surface area (Å²) in [6.45, 7) is 3.64. The average molecular weight is 439 g/mol. The van der Waals surface area contributed by atoms with Crippen LogP contribution in [-0.4, -0.2) is 54.2 Å². The Morgan fingerprint density at radius 2 is 1.96 bits per heavy atom. The van der Waals surface area contributed by atoms with Crippen molar-refractivity contribution in [3.05, 3.63) is 28.8 Å². The van der Waals surface area contributed by atoms with E-state index in [9.17, 15) is 13.2 Å². The van der Waals surface area contributed by atoms with Crippen LogP contribution in [0.4, 0.5) is 5.69 Å². The van der Waals surface area contributed by atoms with Gasteiger partial charge in [0.1, 0.15) is 5.01 Å². The molecule has 0 N–H and O–H groups in total. The fraction of sp³-hybridized carbons (Fsp3) is 0.500. The lowest BCUT2D eigenvalue weighted by molar-refractivity contribution is -0.116. The first-order chi connectivity index (χ1) is 13.4. The first-order valence-corrected chi connectivity index (χ1v) is 12.6. The van der Waals surface area contributed by atoms with Gasteiger partial charge in [0, 0.05) is 25.3 Å². The molecule has 4 rings (SSSR count). The Morgan fingerprint density at radius 3 is 2.68 bits per heavy atom. The molecule has 28 heavy (non-hydrogen) atoms. The van der Waals surface area contributed by atoms with Crippen LogP contribution in [0.1, 0.15) is 29.8 Å². The van der Waals surface area contributed by atoms with E-state index in [4.69, 9.17) is 0 Å². The van der Waals surface area contributed by atoms with Crippen LogP contribution >= 0.6 is 23.1 Å². The first kappa shape index (κ1) is 19.8. The van der Waals surface area contributed by atoms with E-state index in [1.807, 2.05) is 6.92 Å². The molecule has 1 saturated heterocycles. The minimum absolute atomic E-state index is 0.00300. The average Bonchev–Trinajstić information content (AvgIpc) is 3.32. The van der Waals surface area contributed by atoms with Crippen molar-refractivity contribution < 1.29 is 13.2 Å². The number of sulfonamides is 1. The van der Waals surface area contributed by atoms with Crippen molar-refractivity contribution in [1.82, 2.24) is 14.5 Å². The summed E-state index contributed by atoms with van der Waals surface area (Å²) < 4.78 is 28.2. The molecule has 3 heterocycles. The summed E-state index contributed by atoms with van der Waals surface area (Å²) in [4.78, 5) is 14.7. The molecule has 0 radical (unpaired) electrons. The molecule has 150 valence electrons. The van der Waals surface area contributed by atoms with Gasteiger partial charge in [-0.25, -0.2) is 8.42 Å². The van der Waals surface area contributed by atoms with E-state index in [2.05, 4.69) is 10.2 Å². The molecular formula is C18H22N4O3S3. The Bertz CT molecular complexity index is 984. The van der Waals surface area contributed by atoms with E-state index in [1.165, 1.54) is 23.1 Å². The number of carbonyl (C=O) groups excluding carboxylic acids is 1. The first-order valence-electron chi connectivity index (χ1n) is 9.31. The van der Waals surface area contributed by atoms with E-state index in [1.54, 1.807) is 27.4 Å². The standard InChI is InChI=1S/C18H22N4O3S3/c1-13-19-20-18(27-13)26-12-17(23)22-10-7-14-11-15(5-6-16(14)22)28(24,25)21-8-3-2-4-9-21/h5-6,11H,2-4,7-10,12H2,1H3. The lowest BCUT2D eigenvalue weighted by Crippen LogP contribution is -2.35. The van der Waals surface area contributed by atoms with Gasteiger partial charge in [-0.15, -0.1) is 10.2 Å². The second kappa shape index (κ2) is 8.10. The molecule has 7 nitrogen and oxygen atoms in total. The lowest BCUT2D eigenvalue weighted by atomic mass is 10.2. The largest absolute Gasteiger partial charge is 0.311 e. The molecule has 0 bridgehead atoms. The van der Waals surface area contributed by atoms with Gasteiger partial charge in [0.2, 0.25) is 15.9 Å². The fourth-order valence-electron chi connectivity index (χ4n) is 3.59. The number of amides is 1. The Balaban J connectivity index is 1.47. The number of piperidine rings is 1. The van der Waals surface area contributed by atoms with Gasteiger partial charge in [0.05, 0.1) is 10.6 Å². The topological polar surface area (TPSA) is 83.5 Å². The molecule has 0 saturated carbocycles. The quantitative estimate of drug-likeness (QED) is 0.668. The van der Waals surface area contributed by atoms with Crippen LogP contribution < -0.4 is 4.90 Å². The SMILES string of the molecule is Cc1nnc(SCC(=O)N2CCc3cc(S(=O)(=O)N4CCCCC4)ccc32)s1. The number of aryl methyl sites for hydroxylation is 1. The third-order valence-corrected chi connectivity index (χ3v) is 8.88. The third-order valence-electron chi connectivity index (χ3n) is 5.03. The molecule has 0 spiro atoms. The van der Waals surface area contributed by atoms with Gasteiger partial charge < -0.3 is 4.90 Å². The third kappa shape index (κ3) is 3.96.